The number of methoxy groups -OCH3 is 3. The fourth-order valence-corrected chi connectivity index (χ4v) is 5.55. The Morgan fingerprint density at radius 3 is 1.67 bits per heavy atom. The molecule has 0 unspecified atom stereocenters. The molecule has 4 aromatic carbocycles. The number of nitrogens with zero attached hydrogens (tertiary/aromatic N) is 2. The van der Waals surface area contributed by atoms with E-state index in [0.29, 0.717) is 42.4 Å². The Morgan fingerprint density at radius 1 is 0.596 bits per heavy atom. The maximum absolute atomic E-state index is 11.4. The molecular weight excluding hydrogens is 842 g/mol. The van der Waals surface area contributed by atoms with Gasteiger partial charge in [0.1, 0.15) is 36.1 Å². The van der Waals surface area contributed by atoms with Gasteiger partial charge in [-0.15, -0.1) is 0 Å². The van der Waals surface area contributed by atoms with Gasteiger partial charge >= 0.3 is 19.1 Å². The van der Waals surface area contributed by atoms with Crippen LogP contribution >= 0.6 is 22.6 Å². The van der Waals surface area contributed by atoms with Crippen molar-refractivity contribution in [2.24, 2.45) is 0 Å². The largest absolute Gasteiger partial charge is 0.488 e. The van der Waals surface area contributed by atoms with Crippen LogP contribution in [0.15, 0.2) is 133 Å². The zero-order valence-corrected chi connectivity index (χ0v) is 33.7. The molecule has 0 aliphatic rings. The lowest BCUT2D eigenvalue weighted by Crippen LogP contribution is -2.33. The van der Waals surface area contributed by atoms with Gasteiger partial charge in [0.25, 0.3) is 0 Å². The van der Waals surface area contributed by atoms with Crippen molar-refractivity contribution in [3.8, 4) is 22.6 Å². The van der Waals surface area contributed by atoms with Gasteiger partial charge in [0.05, 0.1) is 31.7 Å². The molecule has 0 fully saturated rings. The molecule has 57 heavy (non-hydrogen) atoms. The third kappa shape index (κ3) is 14.4. The molecule has 14 heteroatoms. The molecule has 0 saturated heterocycles. The molecule has 0 atom stereocenters. The van der Waals surface area contributed by atoms with Crippen molar-refractivity contribution in [3.05, 3.63) is 171 Å². The van der Waals surface area contributed by atoms with Crippen LogP contribution in [0.3, 0.4) is 0 Å². The molecule has 12 nitrogen and oxygen atoms in total. The number of carboxylic acid groups (broad SMARTS) is 1. The van der Waals surface area contributed by atoms with Crippen molar-refractivity contribution in [3.63, 3.8) is 0 Å². The van der Waals surface area contributed by atoms with Crippen LogP contribution in [-0.4, -0.2) is 65.5 Å². The zero-order chi connectivity index (χ0) is 41.0. The lowest BCUT2D eigenvalue weighted by Gasteiger charge is -2.10. The van der Waals surface area contributed by atoms with Gasteiger partial charge in [-0.05, 0) is 111 Å². The van der Waals surface area contributed by atoms with Gasteiger partial charge in [0, 0.05) is 17.8 Å². The lowest BCUT2D eigenvalue weighted by molar-refractivity contribution is 0.0592. The molecular formula is C43H42BIN2O10. The number of hydrogen-bond donors (Lipinski definition) is 3. The number of pyridine rings is 2. The van der Waals surface area contributed by atoms with E-state index in [1.54, 1.807) is 62.8 Å². The summed E-state index contributed by atoms with van der Waals surface area (Å²) in [5.41, 5.74) is 6.17. The average Bonchev–Trinajstić information content (AvgIpc) is 3.24. The molecule has 6 rings (SSSR count). The van der Waals surface area contributed by atoms with Gasteiger partial charge in [-0.3, -0.25) is 0 Å². The summed E-state index contributed by atoms with van der Waals surface area (Å²) in [5.74, 6) is -0.0340. The fourth-order valence-electron chi connectivity index (χ4n) is 5.19. The Kier molecular flexibility index (Phi) is 18.1. The highest BCUT2D eigenvalue weighted by Crippen LogP contribution is 2.26. The Bertz CT molecular complexity index is 2170. The van der Waals surface area contributed by atoms with E-state index in [0.717, 1.165) is 31.6 Å². The summed E-state index contributed by atoms with van der Waals surface area (Å²) in [6.07, 6.45) is 0. The molecule has 294 valence electrons. The second kappa shape index (κ2) is 23.4. The highest BCUT2D eigenvalue weighted by atomic mass is 127. The minimum Gasteiger partial charge on any atom is -0.487 e. The molecule has 6 aromatic rings. The quantitative estimate of drug-likeness (QED) is 0.0601. The van der Waals surface area contributed by atoms with Crippen LogP contribution in [0.25, 0.3) is 11.1 Å². The number of halogens is 1. The molecule has 0 aliphatic heterocycles. The first-order valence-corrected chi connectivity index (χ1v) is 18.5. The zero-order valence-electron chi connectivity index (χ0n) is 31.6. The van der Waals surface area contributed by atoms with E-state index in [9.17, 15) is 9.59 Å². The first-order valence-electron chi connectivity index (χ1n) is 17.5. The van der Waals surface area contributed by atoms with Crippen LogP contribution in [-0.2, 0) is 40.6 Å². The summed E-state index contributed by atoms with van der Waals surface area (Å²) in [4.78, 5) is 30.5. The number of hydrogen-bond acceptors (Lipinski definition) is 11. The minimum atomic E-state index is -1.42. The Morgan fingerprint density at radius 2 is 1.11 bits per heavy atom. The number of rotatable bonds is 14. The van der Waals surface area contributed by atoms with Gasteiger partial charge in [0.2, 0.25) is 0 Å². The summed E-state index contributed by atoms with van der Waals surface area (Å²) in [6.45, 7) is 1.47. The molecule has 0 amide bonds. The van der Waals surface area contributed by atoms with Crippen molar-refractivity contribution in [1.82, 2.24) is 9.97 Å². The van der Waals surface area contributed by atoms with E-state index in [1.807, 2.05) is 72.8 Å². The lowest BCUT2D eigenvalue weighted by atomic mass is 9.77. The van der Waals surface area contributed by atoms with E-state index in [4.69, 9.17) is 34.1 Å². The second-order valence-corrected chi connectivity index (χ2v) is 13.2. The number of carbonyl (C=O) groups is 2. The maximum atomic E-state index is 11.4. The first kappa shape index (κ1) is 44.1. The monoisotopic (exact) mass is 884 g/mol. The van der Waals surface area contributed by atoms with E-state index in [-0.39, 0.29) is 18.0 Å². The topological polar surface area (TPSA) is 167 Å². The van der Waals surface area contributed by atoms with Gasteiger partial charge in [-0.1, -0.05) is 72.8 Å². The predicted molar refractivity (Wildman–Crippen MR) is 224 cm³/mol. The van der Waals surface area contributed by atoms with Crippen molar-refractivity contribution in [1.29, 1.82) is 0 Å². The summed E-state index contributed by atoms with van der Waals surface area (Å²) >= 11 is 2.23. The van der Waals surface area contributed by atoms with Gasteiger partial charge in [-0.25, -0.2) is 19.6 Å². The number of aromatic carboxylic acids is 1. The number of aromatic nitrogens is 2. The molecule has 2 heterocycles. The number of ether oxygens (including phenoxy) is 5. The molecule has 0 aliphatic carbocycles. The van der Waals surface area contributed by atoms with Gasteiger partial charge in [-0.2, -0.15) is 0 Å². The minimum absolute atomic E-state index is 0.0104. The molecule has 3 N–H and O–H groups in total. The van der Waals surface area contributed by atoms with Crippen LogP contribution in [0.5, 0.6) is 11.5 Å². The third-order valence-electron chi connectivity index (χ3n) is 7.93. The van der Waals surface area contributed by atoms with E-state index < -0.39 is 19.1 Å². The highest BCUT2D eigenvalue weighted by molar-refractivity contribution is 14.1. The number of esters is 1. The standard InChI is InChI=1S/C21H19NO4.C14H12INO3.C8H11BO3/c1-25-13-16-5-2-3-7-19(16)15-9-11-18(12-10-15)26-14-17-6-4-8-20(22-17)21(23)24;1-18-14(17)13-4-2-3-11(16-13)9-19-12-7-5-10(15)6-8-12;1-12-6-7-4-2-3-5-8(7)9(10)11/h2-12H,13-14H2,1H3,(H,23,24);2-8H,9H2,1H3;2-5,10-11H,6H2,1H3. The van der Waals surface area contributed by atoms with Gasteiger partial charge in [0.15, 0.2) is 0 Å². The molecule has 0 spiro atoms. The van der Waals surface area contributed by atoms with Crippen molar-refractivity contribution < 1.29 is 48.4 Å². The van der Waals surface area contributed by atoms with Crippen LogP contribution < -0.4 is 14.9 Å². The molecule has 2 aromatic heterocycles. The van der Waals surface area contributed by atoms with Crippen LogP contribution in [0, 0.1) is 3.57 Å². The Labute approximate surface area is 345 Å². The smallest absolute Gasteiger partial charge is 0.487 e. The summed E-state index contributed by atoms with van der Waals surface area (Å²) in [6, 6.07) is 40.7. The SMILES string of the molecule is COC(=O)c1cccc(COc2ccc(I)cc2)n1.COCc1ccccc1-c1ccc(OCc2cccc(C(=O)O)n2)cc1.COCc1ccccc1B(O)O. The van der Waals surface area contributed by atoms with Crippen LogP contribution in [0.1, 0.15) is 43.5 Å². The summed E-state index contributed by atoms with van der Waals surface area (Å²) in [5, 5.41) is 26.8. The van der Waals surface area contributed by atoms with Crippen LogP contribution in [0.2, 0.25) is 0 Å². The van der Waals surface area contributed by atoms with Crippen molar-refractivity contribution in [2.75, 3.05) is 21.3 Å². The Hall–Kier alpha value is -5.65. The van der Waals surface area contributed by atoms with Gasteiger partial charge < -0.3 is 38.8 Å². The van der Waals surface area contributed by atoms with Crippen molar-refractivity contribution >= 4 is 47.1 Å². The fraction of sp³-hybridized carbons (Fsp3) is 0.163. The maximum Gasteiger partial charge on any atom is 0.488 e. The van der Waals surface area contributed by atoms with E-state index in [2.05, 4.69) is 43.4 Å². The third-order valence-corrected chi connectivity index (χ3v) is 8.65. The van der Waals surface area contributed by atoms with E-state index >= 15 is 0 Å². The van der Waals surface area contributed by atoms with E-state index in [1.165, 1.54) is 13.2 Å². The predicted octanol–water partition coefficient (Wildman–Crippen LogP) is 6.74. The summed E-state index contributed by atoms with van der Waals surface area (Å²) < 4.78 is 27.2. The highest BCUT2D eigenvalue weighted by Gasteiger charge is 2.14. The number of benzene rings is 4. The molecule has 0 bridgehead atoms. The Balaban J connectivity index is 0.000000204. The summed E-state index contributed by atoms with van der Waals surface area (Å²) in [7, 11) is 3.16. The van der Waals surface area contributed by atoms with Crippen molar-refractivity contribution in [2.45, 2.75) is 26.4 Å². The average molecular weight is 885 g/mol. The number of carbonyl (C=O) groups excluding carboxylic acids is 1. The second-order valence-electron chi connectivity index (χ2n) is 12.0. The number of carboxylic acids is 1. The molecule has 0 radical (unpaired) electrons. The van der Waals surface area contributed by atoms with Crippen LogP contribution in [0.4, 0.5) is 0 Å². The molecule has 0 saturated carbocycles. The normalized spacial score (nSPS) is 10.2. The first-order chi connectivity index (χ1) is 27.6.